The van der Waals surface area contributed by atoms with E-state index in [0.29, 0.717) is 31.6 Å². The number of allylic oxidation sites excluding steroid dienone is 1. The minimum atomic E-state index is -0.265. The minimum Gasteiger partial charge on any atom is -0.507 e. The largest absolute Gasteiger partial charge is 0.507 e. The van der Waals surface area contributed by atoms with Gasteiger partial charge in [0, 0.05) is 75.5 Å². The van der Waals surface area contributed by atoms with Crippen molar-refractivity contribution in [3.05, 3.63) is 65.9 Å². The van der Waals surface area contributed by atoms with Gasteiger partial charge in [-0.05, 0) is 49.9 Å². The van der Waals surface area contributed by atoms with Crippen LogP contribution >= 0.6 is 0 Å². The molecule has 4 rings (SSSR count). The Morgan fingerprint density at radius 2 is 1.61 bits per heavy atom. The molecule has 2 aliphatic heterocycles. The molecule has 2 heterocycles. The van der Waals surface area contributed by atoms with Gasteiger partial charge in [-0.2, -0.15) is 0 Å². The molecule has 2 aromatic carbocycles. The number of primary amides is 1. The number of carbonyl (C=O) groups excluding carboxylic acids is 2. The minimum absolute atomic E-state index is 0.0165. The van der Waals surface area contributed by atoms with Crippen molar-refractivity contribution in [3.63, 3.8) is 0 Å². The Morgan fingerprint density at radius 1 is 0.898 bits per heavy atom. The van der Waals surface area contributed by atoms with Crippen LogP contribution in [0.5, 0.6) is 11.5 Å². The van der Waals surface area contributed by atoms with Gasteiger partial charge < -0.3 is 35.8 Å². The number of nitrogens with one attached hydrogen (secondary N) is 2. The Balaban J connectivity index is 1.16. The summed E-state index contributed by atoms with van der Waals surface area (Å²) in [5, 5.41) is 26.5. The second-order valence-corrected chi connectivity index (χ2v) is 12.8. The van der Waals surface area contributed by atoms with Crippen LogP contribution in [0, 0.1) is 10.8 Å². The quantitative estimate of drug-likeness (QED) is 0.0629. The van der Waals surface area contributed by atoms with Gasteiger partial charge in [-0.25, -0.2) is 0 Å². The number of unbranched alkanes of at least 4 members (excludes halogenated alkanes) is 5. The van der Waals surface area contributed by atoms with Crippen LogP contribution in [0.25, 0.3) is 0 Å². The summed E-state index contributed by atoms with van der Waals surface area (Å²) in [6.07, 6.45) is 9.92. The van der Waals surface area contributed by atoms with Gasteiger partial charge in [-0.15, -0.1) is 0 Å². The number of phenolic OH excluding ortho intramolecular Hbond substituents is 1. The van der Waals surface area contributed by atoms with Gasteiger partial charge in [0.05, 0.1) is 12.3 Å². The van der Waals surface area contributed by atoms with E-state index in [4.69, 9.17) is 31.8 Å². The van der Waals surface area contributed by atoms with E-state index in [9.17, 15) is 14.7 Å². The number of nitrogens with zero attached hydrogens (tertiary/aromatic N) is 3. The maximum absolute atomic E-state index is 12.7. The lowest BCUT2D eigenvalue weighted by Gasteiger charge is -2.35. The molecular formula is C37H53N7O5. The standard InChI is InChI=1S/C37H53N7O5/c38-32(31-14-7-8-15-33(31)45)26-34(37(40)41)49-30-13-10-18-44(27-30)28-11-9-12-29(25-28)48-24-23-42-19-21-43(22-20-42)36(47)17-6-4-2-1-3-5-16-35(39)46/h7-9,11-12,14-15,25-26,30,38,45H,1-6,10,13,16-24,27H2,(H2,39,46)(H3,40,41)/b34-26+,38-32?. The van der Waals surface area contributed by atoms with Crippen molar-refractivity contribution in [3.8, 4) is 11.5 Å². The summed E-state index contributed by atoms with van der Waals surface area (Å²) in [5.41, 5.74) is 12.4. The number of amidine groups is 1. The van der Waals surface area contributed by atoms with Crippen molar-refractivity contribution in [2.75, 3.05) is 57.3 Å². The van der Waals surface area contributed by atoms with Gasteiger partial charge in [-0.3, -0.25) is 25.3 Å². The summed E-state index contributed by atoms with van der Waals surface area (Å²) in [6, 6.07) is 14.6. The van der Waals surface area contributed by atoms with E-state index in [0.717, 1.165) is 102 Å². The predicted molar refractivity (Wildman–Crippen MR) is 192 cm³/mol. The third-order valence-corrected chi connectivity index (χ3v) is 9.05. The molecule has 0 spiro atoms. The van der Waals surface area contributed by atoms with Crippen LogP contribution in [0.2, 0.25) is 0 Å². The molecule has 0 radical (unpaired) electrons. The molecule has 12 heteroatoms. The molecular weight excluding hydrogens is 622 g/mol. The first-order chi connectivity index (χ1) is 23.7. The molecule has 12 nitrogen and oxygen atoms in total. The lowest BCUT2D eigenvalue weighted by molar-refractivity contribution is -0.133. The number of carbonyl (C=O) groups is 2. The second-order valence-electron chi connectivity index (χ2n) is 12.8. The Kier molecular flexibility index (Phi) is 14.8. The molecule has 2 fully saturated rings. The zero-order valence-corrected chi connectivity index (χ0v) is 28.6. The van der Waals surface area contributed by atoms with Gasteiger partial charge in [0.25, 0.3) is 0 Å². The fourth-order valence-electron chi connectivity index (χ4n) is 6.26. The number of ether oxygens (including phenoxy) is 2. The summed E-state index contributed by atoms with van der Waals surface area (Å²) in [7, 11) is 0. The van der Waals surface area contributed by atoms with E-state index in [2.05, 4.69) is 9.80 Å². The van der Waals surface area contributed by atoms with Gasteiger partial charge in [0.1, 0.15) is 24.2 Å². The molecule has 2 saturated heterocycles. The number of phenols is 1. The molecule has 7 N–H and O–H groups in total. The number of piperazine rings is 1. The predicted octanol–water partition coefficient (Wildman–Crippen LogP) is 4.39. The van der Waals surface area contributed by atoms with E-state index in [1.807, 2.05) is 29.2 Å². The maximum Gasteiger partial charge on any atom is 0.222 e. The number of hydrogen-bond donors (Lipinski definition) is 5. The molecule has 1 unspecified atom stereocenters. The fraction of sp³-hybridized carbons (Fsp3) is 0.514. The first-order valence-corrected chi connectivity index (χ1v) is 17.6. The fourth-order valence-corrected chi connectivity index (χ4v) is 6.26. The SMILES string of the molecule is N=C(N)/C(=C\C(=N)c1ccccc1O)OC1CCCN(c2cccc(OCCN3CCN(C(=O)CCCCCCCCC(N)=O)CC3)c2)C1. The first-order valence-electron chi connectivity index (χ1n) is 17.6. The van der Waals surface area contributed by atoms with Crippen LogP contribution in [0.3, 0.4) is 0 Å². The summed E-state index contributed by atoms with van der Waals surface area (Å²) in [5.74, 6) is 0.636. The molecule has 2 aromatic rings. The van der Waals surface area contributed by atoms with E-state index < -0.39 is 0 Å². The van der Waals surface area contributed by atoms with Crippen LogP contribution in [0.1, 0.15) is 69.8 Å². The van der Waals surface area contributed by atoms with E-state index in [-0.39, 0.29) is 41.0 Å². The number of piperidine rings is 1. The highest BCUT2D eigenvalue weighted by Crippen LogP contribution is 2.27. The lowest BCUT2D eigenvalue weighted by atomic mass is 10.1. The van der Waals surface area contributed by atoms with Gasteiger partial charge >= 0.3 is 0 Å². The van der Waals surface area contributed by atoms with Crippen molar-refractivity contribution >= 4 is 29.0 Å². The molecule has 0 bridgehead atoms. The maximum atomic E-state index is 12.7. The van der Waals surface area contributed by atoms with Crippen molar-refractivity contribution in [1.82, 2.24) is 9.80 Å². The average molecular weight is 676 g/mol. The number of para-hydroxylation sites is 1. The molecule has 0 saturated carbocycles. The molecule has 2 aliphatic rings. The third kappa shape index (κ3) is 12.4. The topological polar surface area (TPSA) is 182 Å². The Bertz CT molecular complexity index is 1440. The highest BCUT2D eigenvalue weighted by atomic mass is 16.5. The summed E-state index contributed by atoms with van der Waals surface area (Å²) in [4.78, 5) is 30.0. The van der Waals surface area contributed by atoms with Crippen molar-refractivity contribution < 1.29 is 24.2 Å². The highest BCUT2D eigenvalue weighted by molar-refractivity contribution is 6.11. The zero-order valence-electron chi connectivity index (χ0n) is 28.6. The van der Waals surface area contributed by atoms with Gasteiger partial charge in [0.15, 0.2) is 11.6 Å². The number of hydrogen-bond acceptors (Lipinski definition) is 9. The van der Waals surface area contributed by atoms with E-state index in [1.54, 1.807) is 18.2 Å². The molecule has 266 valence electrons. The smallest absolute Gasteiger partial charge is 0.222 e. The van der Waals surface area contributed by atoms with E-state index in [1.165, 1.54) is 12.1 Å². The van der Waals surface area contributed by atoms with Crippen molar-refractivity contribution in [1.29, 1.82) is 10.8 Å². The van der Waals surface area contributed by atoms with Gasteiger partial charge in [-0.1, -0.05) is 43.9 Å². The Labute approximate surface area is 290 Å². The van der Waals surface area contributed by atoms with Crippen LogP contribution in [0.4, 0.5) is 5.69 Å². The number of aromatic hydroxyl groups is 1. The zero-order chi connectivity index (χ0) is 35.0. The summed E-state index contributed by atoms with van der Waals surface area (Å²) < 4.78 is 12.3. The third-order valence-electron chi connectivity index (χ3n) is 9.05. The van der Waals surface area contributed by atoms with Crippen LogP contribution in [-0.2, 0) is 14.3 Å². The monoisotopic (exact) mass is 675 g/mol. The molecule has 1 atom stereocenters. The Morgan fingerprint density at radius 3 is 2.33 bits per heavy atom. The first kappa shape index (κ1) is 37.2. The van der Waals surface area contributed by atoms with Crippen molar-refractivity contribution in [2.45, 2.75) is 70.3 Å². The molecule has 0 aromatic heterocycles. The van der Waals surface area contributed by atoms with Crippen molar-refractivity contribution in [2.24, 2.45) is 11.5 Å². The van der Waals surface area contributed by atoms with Crippen LogP contribution in [0.15, 0.2) is 60.4 Å². The number of rotatable bonds is 19. The van der Waals surface area contributed by atoms with Gasteiger partial charge in [0.2, 0.25) is 11.8 Å². The average Bonchev–Trinajstić information content (AvgIpc) is 3.09. The normalized spacial score (nSPS) is 17.1. The summed E-state index contributed by atoms with van der Waals surface area (Å²) >= 11 is 0. The summed E-state index contributed by atoms with van der Waals surface area (Å²) in [6.45, 7) is 5.97. The number of benzene rings is 2. The molecule has 49 heavy (non-hydrogen) atoms. The van der Waals surface area contributed by atoms with E-state index >= 15 is 0 Å². The van der Waals surface area contributed by atoms with Crippen LogP contribution in [-0.4, -0.2) is 96.8 Å². The number of nitrogens with two attached hydrogens (primary N) is 2. The molecule has 2 amide bonds. The lowest BCUT2D eigenvalue weighted by Crippen LogP contribution is -2.49. The number of amides is 2. The molecule has 0 aliphatic carbocycles. The second kappa shape index (κ2) is 19.4. The Hall–Kier alpha value is -4.58. The highest BCUT2D eigenvalue weighted by Gasteiger charge is 2.24. The number of anilines is 1. The van der Waals surface area contributed by atoms with Crippen LogP contribution < -0.4 is 21.1 Å².